The molecular formula is C17H35NO3. The molecule has 1 amide bonds. The zero-order chi connectivity index (χ0) is 16.5. The van der Waals surface area contributed by atoms with E-state index in [1.807, 2.05) is 13.8 Å². The molecule has 0 unspecified atom stereocenters. The van der Waals surface area contributed by atoms with Crippen LogP contribution in [0.4, 0.5) is 0 Å². The molecule has 0 rings (SSSR count). The Morgan fingerprint density at radius 1 is 1.00 bits per heavy atom. The second kappa shape index (κ2) is 17.2. The number of ether oxygens (including phenoxy) is 1. The molecule has 0 aromatic carbocycles. The number of carbonyl (C=O) groups is 2. The van der Waals surface area contributed by atoms with Gasteiger partial charge in [-0.05, 0) is 32.1 Å². The smallest absolute Gasteiger partial charge is 0.220 e. The van der Waals surface area contributed by atoms with E-state index in [1.54, 1.807) is 6.92 Å². The predicted molar refractivity (Wildman–Crippen MR) is 88.4 cm³/mol. The van der Waals surface area contributed by atoms with E-state index in [0.29, 0.717) is 31.9 Å². The molecule has 126 valence electrons. The Morgan fingerprint density at radius 3 is 2.24 bits per heavy atom. The first-order chi connectivity index (χ1) is 10.0. The first-order valence-corrected chi connectivity index (χ1v) is 8.36. The zero-order valence-electron chi connectivity index (χ0n) is 14.7. The minimum Gasteiger partial charge on any atom is -0.381 e. The normalized spacial score (nSPS) is 10.0. The quantitative estimate of drug-likeness (QED) is 0.559. The summed E-state index contributed by atoms with van der Waals surface area (Å²) in [7, 11) is 0. The second-order valence-electron chi connectivity index (χ2n) is 5.43. The van der Waals surface area contributed by atoms with Crippen LogP contribution >= 0.6 is 0 Å². The third-order valence-corrected chi connectivity index (χ3v) is 2.67. The number of unbranched alkanes of at least 4 members (excludes halogenated alkanes) is 2. The molecule has 4 nitrogen and oxygen atoms in total. The van der Waals surface area contributed by atoms with E-state index in [2.05, 4.69) is 19.2 Å². The summed E-state index contributed by atoms with van der Waals surface area (Å²) >= 11 is 0. The Hall–Kier alpha value is -0.900. The van der Waals surface area contributed by atoms with Gasteiger partial charge in [-0.15, -0.1) is 0 Å². The molecule has 1 N–H and O–H groups in total. The summed E-state index contributed by atoms with van der Waals surface area (Å²) < 4.78 is 5.41. The Bertz CT molecular complexity index is 252. The van der Waals surface area contributed by atoms with Crippen molar-refractivity contribution in [3.05, 3.63) is 0 Å². The van der Waals surface area contributed by atoms with Crippen molar-refractivity contribution in [3.8, 4) is 0 Å². The minimum absolute atomic E-state index is 0.0970. The number of ketones is 1. The second-order valence-corrected chi connectivity index (χ2v) is 5.43. The van der Waals surface area contributed by atoms with Crippen LogP contribution < -0.4 is 5.32 Å². The number of hydrogen-bond donors (Lipinski definition) is 1. The summed E-state index contributed by atoms with van der Waals surface area (Å²) in [6.45, 7) is 12.0. The van der Waals surface area contributed by atoms with Gasteiger partial charge < -0.3 is 14.8 Å². The third kappa shape index (κ3) is 21.5. The zero-order valence-corrected chi connectivity index (χ0v) is 14.7. The van der Waals surface area contributed by atoms with E-state index < -0.39 is 0 Å². The highest BCUT2D eigenvalue weighted by Crippen LogP contribution is 2.00. The van der Waals surface area contributed by atoms with E-state index in [-0.39, 0.29) is 11.7 Å². The van der Waals surface area contributed by atoms with Gasteiger partial charge in [0.2, 0.25) is 5.91 Å². The Balaban J connectivity index is 0. The lowest BCUT2D eigenvalue weighted by atomic mass is 10.1. The number of carbonyl (C=O) groups excluding carboxylic acids is 2. The van der Waals surface area contributed by atoms with Crippen molar-refractivity contribution in [2.75, 3.05) is 19.8 Å². The van der Waals surface area contributed by atoms with Gasteiger partial charge in [0.1, 0.15) is 5.78 Å². The highest BCUT2D eigenvalue weighted by molar-refractivity contribution is 5.76. The van der Waals surface area contributed by atoms with E-state index in [1.165, 1.54) is 0 Å². The van der Waals surface area contributed by atoms with E-state index in [4.69, 9.17) is 4.74 Å². The molecule has 0 saturated carbocycles. The number of nitrogens with one attached hydrogen (secondary N) is 1. The lowest BCUT2D eigenvalue weighted by molar-refractivity contribution is -0.121. The third-order valence-electron chi connectivity index (χ3n) is 2.67. The predicted octanol–water partition coefficient (Wildman–Crippen LogP) is 3.73. The van der Waals surface area contributed by atoms with Gasteiger partial charge >= 0.3 is 0 Å². The van der Waals surface area contributed by atoms with Crippen molar-refractivity contribution in [1.29, 1.82) is 0 Å². The molecule has 0 atom stereocenters. The van der Waals surface area contributed by atoms with Crippen LogP contribution in [0.15, 0.2) is 0 Å². The molecule has 0 spiro atoms. The first-order valence-electron chi connectivity index (χ1n) is 8.36. The van der Waals surface area contributed by atoms with Gasteiger partial charge in [0, 0.05) is 32.6 Å². The van der Waals surface area contributed by atoms with Crippen LogP contribution in [0.2, 0.25) is 0 Å². The number of Topliss-reactive ketones (excluding diaryl/α,β-unsaturated/α-hetero) is 1. The number of rotatable bonds is 12. The van der Waals surface area contributed by atoms with Gasteiger partial charge in [0.25, 0.3) is 0 Å². The lowest BCUT2D eigenvalue weighted by Gasteiger charge is -2.07. The molecule has 0 radical (unpaired) electrons. The first kappa shape index (κ1) is 22.4. The minimum atomic E-state index is 0.0970. The van der Waals surface area contributed by atoms with E-state index in [0.717, 1.165) is 32.3 Å². The summed E-state index contributed by atoms with van der Waals surface area (Å²) in [5, 5.41) is 2.89. The summed E-state index contributed by atoms with van der Waals surface area (Å²) in [4.78, 5) is 22.2. The highest BCUT2D eigenvalue weighted by atomic mass is 16.5. The number of hydrogen-bond acceptors (Lipinski definition) is 3. The largest absolute Gasteiger partial charge is 0.381 e. The van der Waals surface area contributed by atoms with Crippen LogP contribution in [0.3, 0.4) is 0 Å². The van der Waals surface area contributed by atoms with Crippen LogP contribution in [-0.2, 0) is 14.3 Å². The molecule has 0 aliphatic carbocycles. The molecule has 0 saturated heterocycles. The van der Waals surface area contributed by atoms with Crippen LogP contribution in [0.1, 0.15) is 73.1 Å². The standard InChI is InChI=1S/C15H29NO3.C2H6/c1-13(2)12-19-11-7-9-15(18)16-10-6-4-5-8-14(3)17;1-2/h13H,4-12H2,1-3H3,(H,16,18);1-2H3. The van der Waals surface area contributed by atoms with E-state index >= 15 is 0 Å². The van der Waals surface area contributed by atoms with Gasteiger partial charge in [-0.3, -0.25) is 4.79 Å². The van der Waals surface area contributed by atoms with E-state index in [9.17, 15) is 9.59 Å². The van der Waals surface area contributed by atoms with Crippen molar-refractivity contribution >= 4 is 11.7 Å². The maximum absolute atomic E-state index is 11.5. The fraction of sp³-hybridized carbons (Fsp3) is 0.882. The van der Waals surface area contributed by atoms with Gasteiger partial charge in [-0.2, -0.15) is 0 Å². The van der Waals surface area contributed by atoms with Gasteiger partial charge in [0.15, 0.2) is 0 Å². The molecular weight excluding hydrogens is 266 g/mol. The van der Waals surface area contributed by atoms with Crippen LogP contribution in [0.5, 0.6) is 0 Å². The van der Waals surface area contributed by atoms with Gasteiger partial charge in [-0.25, -0.2) is 0 Å². The summed E-state index contributed by atoms with van der Waals surface area (Å²) in [5.74, 6) is 0.883. The molecule has 0 aliphatic rings. The summed E-state index contributed by atoms with van der Waals surface area (Å²) in [5.41, 5.74) is 0. The monoisotopic (exact) mass is 301 g/mol. The summed E-state index contributed by atoms with van der Waals surface area (Å²) in [6, 6.07) is 0. The van der Waals surface area contributed by atoms with Crippen molar-refractivity contribution in [3.63, 3.8) is 0 Å². The van der Waals surface area contributed by atoms with Crippen LogP contribution in [0, 0.1) is 5.92 Å². The molecule has 21 heavy (non-hydrogen) atoms. The maximum Gasteiger partial charge on any atom is 0.220 e. The van der Waals surface area contributed by atoms with Crippen molar-refractivity contribution < 1.29 is 14.3 Å². The lowest BCUT2D eigenvalue weighted by Crippen LogP contribution is -2.24. The van der Waals surface area contributed by atoms with Gasteiger partial charge in [0.05, 0.1) is 0 Å². The van der Waals surface area contributed by atoms with Crippen molar-refractivity contribution in [1.82, 2.24) is 5.32 Å². The van der Waals surface area contributed by atoms with Crippen LogP contribution in [0.25, 0.3) is 0 Å². The molecule has 0 aromatic heterocycles. The topological polar surface area (TPSA) is 55.4 Å². The Kier molecular flexibility index (Phi) is 18.3. The van der Waals surface area contributed by atoms with Crippen LogP contribution in [-0.4, -0.2) is 31.4 Å². The average Bonchev–Trinajstić information content (AvgIpc) is 2.44. The van der Waals surface area contributed by atoms with Gasteiger partial charge in [-0.1, -0.05) is 34.1 Å². The highest BCUT2D eigenvalue weighted by Gasteiger charge is 2.01. The van der Waals surface area contributed by atoms with Crippen molar-refractivity contribution in [2.45, 2.75) is 73.1 Å². The maximum atomic E-state index is 11.5. The molecule has 0 heterocycles. The fourth-order valence-corrected chi connectivity index (χ4v) is 1.65. The summed E-state index contributed by atoms with van der Waals surface area (Å²) in [6.07, 6.45) is 4.84. The molecule has 0 aromatic rings. The molecule has 0 aliphatic heterocycles. The SMILES string of the molecule is CC.CC(=O)CCCCCNC(=O)CCCOCC(C)C. The number of amides is 1. The Labute approximate surface area is 131 Å². The molecule has 4 heteroatoms. The molecule has 0 bridgehead atoms. The van der Waals surface area contributed by atoms with Crippen molar-refractivity contribution in [2.24, 2.45) is 5.92 Å². The Morgan fingerprint density at radius 2 is 1.67 bits per heavy atom. The average molecular weight is 301 g/mol. The fourth-order valence-electron chi connectivity index (χ4n) is 1.65. The molecule has 0 fully saturated rings.